The van der Waals surface area contributed by atoms with Crippen LogP contribution in [0.1, 0.15) is 49.8 Å². The van der Waals surface area contributed by atoms with Gasteiger partial charge in [-0.15, -0.1) is 0 Å². The minimum atomic E-state index is -0.753. The Balaban J connectivity index is 2.38. The first-order valence-electron chi connectivity index (χ1n) is 7.28. The fourth-order valence-corrected chi connectivity index (χ4v) is 2.89. The Bertz CT molecular complexity index is 466. The third-order valence-electron chi connectivity index (χ3n) is 4.35. The largest absolute Gasteiger partial charge is 0.376 e. The minimum Gasteiger partial charge on any atom is -0.376 e. The second kappa shape index (κ2) is 6.19. The molecule has 1 aromatic rings. The molecule has 0 saturated heterocycles. The highest BCUT2D eigenvalue weighted by Crippen LogP contribution is 2.45. The van der Waals surface area contributed by atoms with Gasteiger partial charge in [0.2, 0.25) is 0 Å². The summed E-state index contributed by atoms with van der Waals surface area (Å²) < 4.78 is 33.8. The van der Waals surface area contributed by atoms with Crippen molar-refractivity contribution in [2.45, 2.75) is 51.2 Å². The highest BCUT2D eigenvalue weighted by atomic mass is 19.2. The van der Waals surface area contributed by atoms with Crippen molar-refractivity contribution in [3.8, 4) is 0 Å². The molecular weight excluding hydrogens is 260 g/mol. The molecule has 0 bridgehead atoms. The van der Waals surface area contributed by atoms with Crippen molar-refractivity contribution >= 4 is 0 Å². The van der Waals surface area contributed by atoms with Crippen molar-refractivity contribution in [2.75, 3.05) is 13.7 Å². The van der Waals surface area contributed by atoms with Crippen LogP contribution < -0.4 is 5.32 Å². The maximum absolute atomic E-state index is 14.3. The molecule has 1 N–H and O–H groups in total. The van der Waals surface area contributed by atoms with Gasteiger partial charge in [0.05, 0.1) is 11.6 Å². The molecule has 0 spiro atoms. The van der Waals surface area contributed by atoms with Crippen LogP contribution in [0.2, 0.25) is 0 Å². The van der Waals surface area contributed by atoms with Gasteiger partial charge in [0.1, 0.15) is 0 Å². The van der Waals surface area contributed by atoms with E-state index in [0.717, 1.165) is 32.2 Å². The van der Waals surface area contributed by atoms with E-state index in [0.29, 0.717) is 11.1 Å². The van der Waals surface area contributed by atoms with Gasteiger partial charge >= 0.3 is 0 Å². The van der Waals surface area contributed by atoms with E-state index in [9.17, 15) is 8.78 Å². The Hall–Kier alpha value is -1.00. The van der Waals surface area contributed by atoms with Gasteiger partial charge in [-0.3, -0.25) is 0 Å². The molecule has 1 aliphatic carbocycles. The molecule has 0 heterocycles. The third-order valence-corrected chi connectivity index (χ3v) is 4.35. The minimum absolute atomic E-state index is 0.295. The molecule has 0 aliphatic heterocycles. The van der Waals surface area contributed by atoms with Crippen LogP contribution in [0.4, 0.5) is 8.78 Å². The van der Waals surface area contributed by atoms with Crippen molar-refractivity contribution in [1.29, 1.82) is 0 Å². The topological polar surface area (TPSA) is 21.3 Å². The Kier molecular flexibility index (Phi) is 4.76. The normalized spacial score (nSPS) is 18.6. The fraction of sp³-hybridized carbons (Fsp3) is 0.625. The number of hydrogen-bond acceptors (Lipinski definition) is 2. The first-order valence-corrected chi connectivity index (χ1v) is 7.28. The quantitative estimate of drug-likeness (QED) is 0.855. The molecule has 2 nitrogen and oxygen atoms in total. The number of aryl methyl sites for hydroxylation is 1. The van der Waals surface area contributed by atoms with Crippen LogP contribution in [0.5, 0.6) is 0 Å². The number of ether oxygens (including phenoxy) is 1. The Morgan fingerprint density at radius 2 is 2.00 bits per heavy atom. The molecule has 0 aromatic heterocycles. The number of rotatable bonds is 6. The van der Waals surface area contributed by atoms with Gasteiger partial charge in [-0.05, 0) is 44.7 Å². The van der Waals surface area contributed by atoms with E-state index in [1.807, 2.05) is 0 Å². The van der Waals surface area contributed by atoms with Crippen LogP contribution >= 0.6 is 0 Å². The summed E-state index contributed by atoms with van der Waals surface area (Å²) in [5.41, 5.74) is 0.307. The molecule has 20 heavy (non-hydrogen) atoms. The summed E-state index contributed by atoms with van der Waals surface area (Å²) in [5.74, 6) is -1.50. The number of halogens is 2. The van der Waals surface area contributed by atoms with Crippen LogP contribution in [-0.2, 0) is 4.74 Å². The summed E-state index contributed by atoms with van der Waals surface area (Å²) in [6.07, 6.45) is 3.75. The van der Waals surface area contributed by atoms with Crippen molar-refractivity contribution in [1.82, 2.24) is 5.32 Å². The van der Waals surface area contributed by atoms with Gasteiger partial charge in [0, 0.05) is 12.7 Å². The lowest BCUT2D eigenvalue weighted by atomic mass is 9.72. The zero-order valence-electron chi connectivity index (χ0n) is 12.4. The summed E-state index contributed by atoms with van der Waals surface area (Å²) in [6.45, 7) is 4.38. The Morgan fingerprint density at radius 3 is 2.50 bits per heavy atom. The van der Waals surface area contributed by atoms with Gasteiger partial charge in [-0.2, -0.15) is 0 Å². The molecule has 0 amide bonds. The number of methoxy groups -OCH3 is 1. The predicted molar refractivity (Wildman–Crippen MR) is 75.7 cm³/mol. The van der Waals surface area contributed by atoms with E-state index in [2.05, 4.69) is 12.2 Å². The number of benzene rings is 1. The van der Waals surface area contributed by atoms with Gasteiger partial charge in [-0.1, -0.05) is 19.1 Å². The molecule has 4 heteroatoms. The van der Waals surface area contributed by atoms with Crippen molar-refractivity contribution in [3.63, 3.8) is 0 Å². The summed E-state index contributed by atoms with van der Waals surface area (Å²) in [6, 6.07) is 3.02. The van der Waals surface area contributed by atoms with Gasteiger partial charge < -0.3 is 10.1 Å². The lowest BCUT2D eigenvalue weighted by Crippen LogP contribution is -2.51. The number of nitrogens with one attached hydrogen (secondary N) is 1. The van der Waals surface area contributed by atoms with E-state index < -0.39 is 17.2 Å². The maximum Gasteiger partial charge on any atom is 0.163 e. The smallest absolute Gasteiger partial charge is 0.163 e. The van der Waals surface area contributed by atoms with E-state index in [-0.39, 0.29) is 6.04 Å². The second-order valence-electron chi connectivity index (χ2n) is 5.61. The van der Waals surface area contributed by atoms with Crippen LogP contribution in [0.25, 0.3) is 0 Å². The van der Waals surface area contributed by atoms with E-state index in [1.54, 1.807) is 26.2 Å². The summed E-state index contributed by atoms with van der Waals surface area (Å²) >= 11 is 0. The average Bonchev–Trinajstić information content (AvgIpc) is 2.40. The van der Waals surface area contributed by atoms with Crippen molar-refractivity contribution < 1.29 is 13.5 Å². The van der Waals surface area contributed by atoms with E-state index >= 15 is 0 Å². The molecule has 112 valence electrons. The maximum atomic E-state index is 14.3. The molecule has 2 rings (SSSR count). The average molecular weight is 283 g/mol. The van der Waals surface area contributed by atoms with Gasteiger partial charge in [-0.25, -0.2) is 8.78 Å². The van der Waals surface area contributed by atoms with E-state index in [4.69, 9.17) is 4.74 Å². The first kappa shape index (κ1) is 15.4. The lowest BCUT2D eigenvalue weighted by Gasteiger charge is -2.47. The van der Waals surface area contributed by atoms with Crippen molar-refractivity contribution in [2.24, 2.45) is 0 Å². The van der Waals surface area contributed by atoms with Gasteiger partial charge in [0.25, 0.3) is 0 Å². The van der Waals surface area contributed by atoms with Crippen LogP contribution in [-0.4, -0.2) is 19.3 Å². The Labute approximate surface area is 119 Å². The summed E-state index contributed by atoms with van der Waals surface area (Å²) in [4.78, 5) is 0. The molecule has 1 fully saturated rings. The highest BCUT2D eigenvalue weighted by Gasteiger charge is 2.46. The molecule has 1 atom stereocenters. The van der Waals surface area contributed by atoms with Crippen LogP contribution in [0.15, 0.2) is 12.1 Å². The van der Waals surface area contributed by atoms with Crippen LogP contribution in [0, 0.1) is 18.6 Å². The molecule has 1 aliphatic rings. The van der Waals surface area contributed by atoms with Crippen molar-refractivity contribution in [3.05, 3.63) is 34.9 Å². The first-order chi connectivity index (χ1) is 9.55. The summed E-state index contributed by atoms with van der Waals surface area (Å²) in [5, 5.41) is 3.34. The zero-order chi connectivity index (χ0) is 14.8. The Morgan fingerprint density at radius 1 is 1.30 bits per heavy atom. The molecule has 0 radical (unpaired) electrons. The molecule has 1 saturated carbocycles. The second-order valence-corrected chi connectivity index (χ2v) is 5.61. The third kappa shape index (κ3) is 2.59. The predicted octanol–water partition coefficient (Wildman–Crippen LogP) is 3.88. The highest BCUT2D eigenvalue weighted by molar-refractivity contribution is 5.30. The lowest BCUT2D eigenvalue weighted by molar-refractivity contribution is -0.100. The van der Waals surface area contributed by atoms with Crippen LogP contribution in [0.3, 0.4) is 0 Å². The monoisotopic (exact) mass is 283 g/mol. The zero-order valence-corrected chi connectivity index (χ0v) is 12.4. The summed E-state index contributed by atoms with van der Waals surface area (Å²) in [7, 11) is 1.65. The molecule has 1 aromatic carbocycles. The molecular formula is C16H23F2NO. The SMILES string of the molecule is CCCNC(c1ccc(C)c(F)c1F)C1(OC)CCC1. The fourth-order valence-electron chi connectivity index (χ4n) is 2.89. The number of hydrogen-bond donors (Lipinski definition) is 1. The van der Waals surface area contributed by atoms with Gasteiger partial charge in [0.15, 0.2) is 11.6 Å². The van der Waals surface area contributed by atoms with E-state index in [1.165, 1.54) is 0 Å². The standard InChI is InChI=1S/C16H23F2NO/c1-4-10-19-15(16(20-3)8-5-9-16)12-7-6-11(2)13(17)14(12)18/h6-7,15,19H,4-5,8-10H2,1-3H3. The molecule has 1 unspecified atom stereocenters.